The Bertz CT molecular complexity index is 423. The van der Waals surface area contributed by atoms with Crippen LogP contribution in [0.5, 0.6) is 0 Å². The van der Waals surface area contributed by atoms with Crippen molar-refractivity contribution in [2.75, 3.05) is 32.0 Å². The molecule has 1 unspecified atom stereocenters. The second-order valence-electron chi connectivity index (χ2n) is 6.14. The summed E-state index contributed by atoms with van der Waals surface area (Å²) in [4.78, 5) is 2.39. The zero-order chi connectivity index (χ0) is 14.0. The summed E-state index contributed by atoms with van der Waals surface area (Å²) in [6, 6.07) is 0. The van der Waals surface area contributed by atoms with Crippen LogP contribution in [0.3, 0.4) is 0 Å². The van der Waals surface area contributed by atoms with Gasteiger partial charge in [0.15, 0.2) is 5.82 Å². The van der Waals surface area contributed by atoms with Crippen molar-refractivity contribution in [2.24, 2.45) is 0 Å². The Morgan fingerprint density at radius 1 is 1.42 bits per heavy atom. The summed E-state index contributed by atoms with van der Waals surface area (Å²) in [6.45, 7) is 13.1. The van der Waals surface area contributed by atoms with Crippen LogP contribution in [0.15, 0.2) is 0 Å². The van der Waals surface area contributed by atoms with Gasteiger partial charge >= 0.3 is 0 Å². The van der Waals surface area contributed by atoms with E-state index in [1.54, 1.807) is 0 Å². The fourth-order valence-corrected chi connectivity index (χ4v) is 2.60. The number of nitrogens with two attached hydrogens (primary N) is 1. The van der Waals surface area contributed by atoms with Crippen molar-refractivity contribution < 1.29 is 4.74 Å². The number of rotatable bonds is 3. The van der Waals surface area contributed by atoms with E-state index in [-0.39, 0.29) is 11.5 Å². The molecule has 0 saturated carbocycles. The molecule has 6 heteroatoms. The summed E-state index contributed by atoms with van der Waals surface area (Å²) in [5, 5.41) is 8.18. The van der Waals surface area contributed by atoms with Gasteiger partial charge in [-0.3, -0.25) is 4.90 Å². The van der Waals surface area contributed by atoms with Gasteiger partial charge in [0.1, 0.15) is 0 Å². The number of nitrogens with zero attached hydrogens (tertiary/aromatic N) is 4. The number of morpholine rings is 1. The number of aromatic nitrogens is 3. The lowest BCUT2D eigenvalue weighted by atomic mass is 9.92. The minimum Gasteiger partial charge on any atom is -0.381 e. The second-order valence-corrected chi connectivity index (χ2v) is 6.14. The van der Waals surface area contributed by atoms with Crippen LogP contribution < -0.4 is 5.73 Å². The largest absolute Gasteiger partial charge is 0.381 e. The number of ether oxygens (including phenoxy) is 1. The molecule has 1 aromatic heterocycles. The van der Waals surface area contributed by atoms with E-state index in [1.807, 2.05) is 4.68 Å². The zero-order valence-electron chi connectivity index (χ0n) is 12.4. The number of hydrogen-bond donors (Lipinski definition) is 1. The predicted octanol–water partition coefficient (Wildman–Crippen LogP) is 0.878. The molecule has 0 amide bonds. The molecule has 1 aliphatic rings. The summed E-state index contributed by atoms with van der Waals surface area (Å²) in [5.74, 6) is 0.524. The first-order valence-electron chi connectivity index (χ1n) is 6.95. The molecule has 1 fully saturated rings. The van der Waals surface area contributed by atoms with Crippen LogP contribution in [0.1, 0.15) is 33.4 Å². The molecule has 1 aliphatic heterocycles. The highest BCUT2D eigenvalue weighted by atomic mass is 16.5. The number of nitrogen functional groups attached to an aromatic ring is 1. The second kappa shape index (κ2) is 5.46. The molecular formula is C13H25N5O. The highest BCUT2D eigenvalue weighted by Gasteiger charge is 2.27. The van der Waals surface area contributed by atoms with Crippen LogP contribution in [-0.4, -0.2) is 52.2 Å². The Balaban J connectivity index is 2.11. The maximum atomic E-state index is 5.94. The van der Waals surface area contributed by atoms with E-state index in [0.29, 0.717) is 12.4 Å². The topological polar surface area (TPSA) is 69.2 Å². The van der Waals surface area contributed by atoms with Gasteiger partial charge in [-0.1, -0.05) is 32.9 Å². The Hall–Kier alpha value is -1.14. The molecule has 2 rings (SSSR count). The lowest BCUT2D eigenvalue weighted by molar-refractivity contribution is -0.0366. The summed E-state index contributed by atoms with van der Waals surface area (Å²) in [7, 11) is 0. The molecule has 0 radical (unpaired) electrons. The normalized spacial score (nSPS) is 21.8. The predicted molar refractivity (Wildman–Crippen MR) is 75.0 cm³/mol. The van der Waals surface area contributed by atoms with Crippen molar-refractivity contribution in [3.8, 4) is 0 Å². The molecule has 0 aliphatic carbocycles. The third kappa shape index (κ3) is 3.25. The molecule has 1 saturated heterocycles. The first kappa shape index (κ1) is 14.3. The molecule has 0 bridgehead atoms. The first-order valence-corrected chi connectivity index (χ1v) is 6.95. The van der Waals surface area contributed by atoms with Crippen molar-refractivity contribution in [2.45, 2.75) is 45.8 Å². The maximum Gasteiger partial charge on any atom is 0.169 e. The average Bonchev–Trinajstić information content (AvgIpc) is 2.70. The average molecular weight is 267 g/mol. The van der Waals surface area contributed by atoms with E-state index in [0.717, 1.165) is 31.9 Å². The van der Waals surface area contributed by atoms with Crippen LogP contribution in [0.4, 0.5) is 5.82 Å². The molecule has 1 aromatic rings. The fraction of sp³-hybridized carbons (Fsp3) is 0.846. The van der Waals surface area contributed by atoms with E-state index in [4.69, 9.17) is 10.5 Å². The fourth-order valence-electron chi connectivity index (χ4n) is 2.60. The Morgan fingerprint density at radius 3 is 2.79 bits per heavy atom. The van der Waals surface area contributed by atoms with Gasteiger partial charge in [-0.2, -0.15) is 0 Å². The van der Waals surface area contributed by atoms with Gasteiger partial charge in [0.2, 0.25) is 0 Å². The molecule has 1 atom stereocenters. The zero-order valence-corrected chi connectivity index (χ0v) is 12.4. The molecule has 2 heterocycles. The van der Waals surface area contributed by atoms with Crippen LogP contribution in [0, 0.1) is 0 Å². The van der Waals surface area contributed by atoms with Gasteiger partial charge in [-0.25, -0.2) is 4.68 Å². The molecule has 0 spiro atoms. The maximum absolute atomic E-state index is 5.94. The van der Waals surface area contributed by atoms with E-state index < -0.39 is 0 Å². The molecule has 2 N–H and O–H groups in total. The first-order chi connectivity index (χ1) is 8.91. The third-order valence-electron chi connectivity index (χ3n) is 3.52. The Kier molecular flexibility index (Phi) is 4.10. The molecular weight excluding hydrogens is 242 g/mol. The summed E-state index contributed by atoms with van der Waals surface area (Å²) < 4.78 is 7.72. The molecule has 0 aromatic carbocycles. The Morgan fingerprint density at radius 2 is 2.16 bits per heavy atom. The van der Waals surface area contributed by atoms with Gasteiger partial charge in [-0.05, 0) is 6.54 Å². The van der Waals surface area contributed by atoms with Crippen molar-refractivity contribution in [1.29, 1.82) is 0 Å². The van der Waals surface area contributed by atoms with Gasteiger partial charge in [-0.15, -0.1) is 5.10 Å². The number of likely N-dealkylation sites (N-methyl/N-ethyl adjacent to an activating group) is 1. The van der Waals surface area contributed by atoms with Crippen molar-refractivity contribution in [3.63, 3.8) is 0 Å². The number of anilines is 1. The van der Waals surface area contributed by atoms with Crippen LogP contribution in [-0.2, 0) is 16.7 Å². The van der Waals surface area contributed by atoms with Crippen molar-refractivity contribution in [1.82, 2.24) is 19.9 Å². The highest BCUT2D eigenvalue weighted by Crippen LogP contribution is 2.26. The van der Waals surface area contributed by atoms with E-state index in [9.17, 15) is 0 Å². The van der Waals surface area contributed by atoms with E-state index in [1.165, 1.54) is 0 Å². The van der Waals surface area contributed by atoms with E-state index in [2.05, 4.69) is 42.9 Å². The Labute approximate surface area is 114 Å². The minimum atomic E-state index is -0.0628. The molecule has 6 nitrogen and oxygen atoms in total. The smallest absolute Gasteiger partial charge is 0.169 e. The minimum absolute atomic E-state index is 0.0628. The van der Waals surface area contributed by atoms with Gasteiger partial charge < -0.3 is 10.5 Å². The van der Waals surface area contributed by atoms with Crippen molar-refractivity contribution in [3.05, 3.63) is 5.69 Å². The molecule has 19 heavy (non-hydrogen) atoms. The number of hydrogen-bond acceptors (Lipinski definition) is 5. The van der Waals surface area contributed by atoms with Crippen molar-refractivity contribution >= 4 is 5.82 Å². The van der Waals surface area contributed by atoms with Gasteiger partial charge in [0, 0.05) is 18.5 Å². The standard InChI is InChI=1S/C13H25N5O/c1-5-17-6-7-19-10(8-17)9-18-11(13(2,3)4)12(14)15-16-18/h10H,5-9,14H2,1-4H3. The van der Waals surface area contributed by atoms with Crippen LogP contribution >= 0.6 is 0 Å². The lowest BCUT2D eigenvalue weighted by Crippen LogP contribution is -2.44. The summed E-state index contributed by atoms with van der Waals surface area (Å²) >= 11 is 0. The quantitative estimate of drug-likeness (QED) is 0.880. The lowest BCUT2D eigenvalue weighted by Gasteiger charge is -2.32. The monoisotopic (exact) mass is 267 g/mol. The van der Waals surface area contributed by atoms with Crippen LogP contribution in [0.25, 0.3) is 0 Å². The summed E-state index contributed by atoms with van der Waals surface area (Å²) in [6.07, 6.45) is 0.163. The highest BCUT2D eigenvalue weighted by molar-refractivity contribution is 5.37. The SMILES string of the molecule is CCN1CCOC(Cn2nnc(N)c2C(C)(C)C)C1. The summed E-state index contributed by atoms with van der Waals surface area (Å²) in [5.41, 5.74) is 6.87. The van der Waals surface area contributed by atoms with Gasteiger partial charge in [0.05, 0.1) is 24.9 Å². The van der Waals surface area contributed by atoms with Gasteiger partial charge in [0.25, 0.3) is 0 Å². The van der Waals surface area contributed by atoms with Crippen LogP contribution in [0.2, 0.25) is 0 Å². The third-order valence-corrected chi connectivity index (χ3v) is 3.52. The molecule has 108 valence electrons. The van der Waals surface area contributed by atoms with E-state index >= 15 is 0 Å².